The monoisotopic (exact) mass is 894 g/mol. The van der Waals surface area contributed by atoms with Crippen LogP contribution in [0.4, 0.5) is 49.9 Å². The van der Waals surface area contributed by atoms with Crippen LogP contribution in [0.2, 0.25) is 0 Å². The zero-order chi connectivity index (χ0) is 33.1. The fraction of sp³-hybridized carbons (Fsp3) is 0.548. The maximum Gasteiger partial charge on any atom is 0.414 e. The van der Waals surface area contributed by atoms with E-state index in [2.05, 4.69) is 9.80 Å². The Kier molecular flexibility index (Phi) is 14.6. The van der Waals surface area contributed by atoms with Gasteiger partial charge in [-0.1, -0.05) is 7.43 Å². The number of nitrogens with one attached hydrogen (secondary N) is 1. The number of nitrogens with zero attached hydrogens (tertiary/aromatic N) is 6. The van der Waals surface area contributed by atoms with Gasteiger partial charge >= 0.3 is 12.2 Å². The van der Waals surface area contributed by atoms with E-state index in [4.69, 9.17) is 20.9 Å². The molecule has 0 saturated carbocycles. The van der Waals surface area contributed by atoms with Gasteiger partial charge in [0.15, 0.2) is 23.3 Å². The van der Waals surface area contributed by atoms with E-state index >= 15 is 0 Å². The van der Waals surface area contributed by atoms with Gasteiger partial charge in [-0.25, -0.2) is 27.2 Å². The third kappa shape index (κ3) is 9.02. The molecule has 263 valence electrons. The Morgan fingerprint density at radius 3 is 1.31 bits per heavy atom. The minimum absolute atomic E-state index is 0. The fourth-order valence-electron chi connectivity index (χ4n) is 5.77. The maximum absolute atomic E-state index is 14.5. The van der Waals surface area contributed by atoms with Crippen LogP contribution in [-0.2, 0) is 9.47 Å². The number of nitrogens with two attached hydrogens (primary N) is 1. The van der Waals surface area contributed by atoms with Crippen molar-refractivity contribution >= 4 is 34.9 Å². The van der Waals surface area contributed by atoms with Gasteiger partial charge in [0.05, 0.1) is 24.5 Å². The second-order valence-corrected chi connectivity index (χ2v) is 11.8. The molecule has 17 heteroatoms. The van der Waals surface area contributed by atoms with Crippen molar-refractivity contribution in [2.75, 3.05) is 112 Å². The average Bonchev–Trinajstić information content (AvgIpc) is 3.60. The van der Waals surface area contributed by atoms with E-state index in [1.54, 1.807) is 9.80 Å². The Hall–Kier alpha value is -2.42. The van der Waals surface area contributed by atoms with Crippen molar-refractivity contribution < 1.29 is 80.7 Å². The minimum Gasteiger partial charge on any atom is -0.674 e. The zero-order valence-electron chi connectivity index (χ0n) is 26.4. The number of anilines is 4. The Balaban J connectivity index is 0.000000250. The molecular weight excluding hydrogens is 851 g/mol. The van der Waals surface area contributed by atoms with Crippen molar-refractivity contribution in [1.82, 2.24) is 9.80 Å². The zero-order valence-corrected chi connectivity index (χ0v) is 31.2. The fourth-order valence-corrected chi connectivity index (χ4v) is 5.77. The number of carbonyl (C=O) groups is 2. The number of hydrogen-bond acceptors (Lipinski definition) is 9. The normalized spacial score (nSPS) is 21.7. The molecule has 48 heavy (non-hydrogen) atoms. The van der Waals surface area contributed by atoms with Crippen LogP contribution in [0.15, 0.2) is 24.3 Å². The van der Waals surface area contributed by atoms with Crippen molar-refractivity contribution in [1.29, 1.82) is 0 Å². The molecule has 4 saturated heterocycles. The molecule has 0 aromatic heterocycles. The molecule has 0 bridgehead atoms. The van der Waals surface area contributed by atoms with Gasteiger partial charge in [0.2, 0.25) is 0 Å². The van der Waals surface area contributed by atoms with Crippen LogP contribution in [-0.4, -0.2) is 127 Å². The standard InChI is InChI=1S/C15H20F2N4O2.C15H19F2N4O2.CH4.Ac/c2*1-19-2-4-20(5-3-19)14-12(16)6-10(7-13(14)17)21-9-11(8-18)23-15(21)22;;/h6-7,11H,2-5,8-9,18H2,1H3;6-7,11,18H,2-5,8-9H2,1H3;1H4;/q;-1;;/t2*11-;;/m00../s1. The number of piperazine rings is 2. The molecular formula is C31H43AcF4N8O4-. The van der Waals surface area contributed by atoms with Crippen molar-refractivity contribution in [3.63, 3.8) is 0 Å². The summed E-state index contributed by atoms with van der Waals surface area (Å²) in [6.07, 6.45) is -2.32. The van der Waals surface area contributed by atoms with E-state index in [9.17, 15) is 27.2 Å². The smallest absolute Gasteiger partial charge is 0.414 e. The van der Waals surface area contributed by atoms with Gasteiger partial charge in [-0.2, -0.15) is 0 Å². The molecule has 0 spiro atoms. The van der Waals surface area contributed by atoms with Gasteiger partial charge in [0, 0.05) is 127 Å². The summed E-state index contributed by atoms with van der Waals surface area (Å²) in [6, 6.07) is 4.67. The predicted molar refractivity (Wildman–Crippen MR) is 172 cm³/mol. The molecule has 12 nitrogen and oxygen atoms in total. The predicted octanol–water partition coefficient (Wildman–Crippen LogP) is 3.73. The third-order valence-corrected chi connectivity index (χ3v) is 8.50. The molecule has 4 aliphatic rings. The molecule has 2 aromatic carbocycles. The van der Waals surface area contributed by atoms with Crippen LogP contribution >= 0.6 is 0 Å². The maximum atomic E-state index is 14.5. The van der Waals surface area contributed by atoms with Crippen LogP contribution in [0.1, 0.15) is 7.43 Å². The van der Waals surface area contributed by atoms with Crippen LogP contribution < -0.4 is 25.3 Å². The second kappa shape index (κ2) is 17.5. The van der Waals surface area contributed by atoms with Gasteiger partial charge in [-0.15, -0.1) is 6.54 Å². The summed E-state index contributed by atoms with van der Waals surface area (Å²) >= 11 is 0. The Morgan fingerprint density at radius 2 is 1.02 bits per heavy atom. The first-order valence-electron chi connectivity index (χ1n) is 15.1. The molecule has 4 fully saturated rings. The molecule has 0 unspecified atom stereocenters. The SMILES string of the molecule is C.CN1CCN(c2c(F)cc(N3C[C@H](CN)OC3=O)cc2F)CC1.CN1CCN(c2c(F)cc(N3C[C@H](C[NH-])OC3=O)cc2F)CC1.[Ac]. The quantitative estimate of drug-likeness (QED) is 0.433. The number of carbonyl (C=O) groups excluding carboxylic acids is 2. The number of benzene rings is 2. The molecule has 3 N–H and O–H groups in total. The summed E-state index contributed by atoms with van der Waals surface area (Å²) in [5.74, 6) is -2.72. The Labute approximate surface area is 314 Å². The summed E-state index contributed by atoms with van der Waals surface area (Å²) in [4.78, 5) is 33.5. The van der Waals surface area contributed by atoms with E-state index < -0.39 is 47.7 Å². The summed E-state index contributed by atoms with van der Waals surface area (Å²) < 4.78 is 67.8. The van der Waals surface area contributed by atoms with Gasteiger partial charge in [0.1, 0.15) is 23.6 Å². The molecule has 2 amide bonds. The molecule has 2 aromatic rings. The number of likely N-dealkylation sites (N-methyl/N-ethyl adjacent to an activating group) is 2. The van der Waals surface area contributed by atoms with Gasteiger partial charge in [0.25, 0.3) is 0 Å². The van der Waals surface area contributed by atoms with E-state index in [0.29, 0.717) is 26.2 Å². The second-order valence-electron chi connectivity index (χ2n) is 11.8. The summed E-state index contributed by atoms with van der Waals surface area (Å²) in [6.45, 7) is 5.63. The Morgan fingerprint density at radius 1 is 0.688 bits per heavy atom. The Bertz CT molecular complexity index is 1280. The number of cyclic esters (lactones) is 2. The number of ether oxygens (including phenoxy) is 2. The first kappa shape index (κ1) is 40.0. The molecule has 4 aliphatic heterocycles. The van der Waals surface area contributed by atoms with Gasteiger partial charge in [-0.3, -0.25) is 9.80 Å². The van der Waals surface area contributed by atoms with E-state index in [1.807, 2.05) is 14.1 Å². The van der Waals surface area contributed by atoms with Crippen LogP contribution in [0, 0.1) is 67.3 Å². The summed E-state index contributed by atoms with van der Waals surface area (Å²) in [7, 11) is 3.94. The molecule has 4 heterocycles. The minimum atomic E-state index is -0.688. The van der Waals surface area contributed by atoms with E-state index in [1.165, 1.54) is 21.9 Å². The molecule has 0 aliphatic carbocycles. The molecule has 2 atom stereocenters. The number of amides is 2. The van der Waals surface area contributed by atoms with Crippen molar-refractivity contribution in [3.05, 3.63) is 53.3 Å². The van der Waals surface area contributed by atoms with E-state index in [-0.39, 0.29) is 100 Å². The van der Waals surface area contributed by atoms with Gasteiger partial charge in [-0.05, 0) is 14.1 Å². The third-order valence-electron chi connectivity index (χ3n) is 8.50. The van der Waals surface area contributed by atoms with Gasteiger partial charge < -0.3 is 40.5 Å². The van der Waals surface area contributed by atoms with Crippen LogP contribution in [0.3, 0.4) is 0 Å². The number of rotatable bonds is 6. The first-order valence-corrected chi connectivity index (χ1v) is 15.1. The number of halogens is 4. The van der Waals surface area contributed by atoms with Crippen molar-refractivity contribution in [3.8, 4) is 0 Å². The van der Waals surface area contributed by atoms with Crippen LogP contribution in [0.5, 0.6) is 0 Å². The van der Waals surface area contributed by atoms with Crippen molar-refractivity contribution in [2.24, 2.45) is 5.73 Å². The average molecular weight is 895 g/mol. The summed E-state index contributed by atoms with van der Waals surface area (Å²) in [5.41, 5.74) is 12.9. The topological polar surface area (TPSA) is 122 Å². The first-order chi connectivity index (χ1) is 22.0. The van der Waals surface area contributed by atoms with Crippen LogP contribution in [0.25, 0.3) is 5.73 Å². The largest absolute Gasteiger partial charge is 0.674 e. The van der Waals surface area contributed by atoms with E-state index in [0.717, 1.165) is 38.3 Å². The molecule has 6 rings (SSSR count). The number of hydrogen-bond donors (Lipinski definition) is 1. The summed E-state index contributed by atoms with van der Waals surface area (Å²) in [5, 5.41) is 0. The van der Waals surface area contributed by atoms with Crippen molar-refractivity contribution in [2.45, 2.75) is 19.6 Å². The molecule has 1 radical (unpaired) electrons.